The third kappa shape index (κ3) is 9.81. The Morgan fingerprint density at radius 3 is 2.53 bits per heavy atom. The second-order valence-corrected chi connectivity index (χ2v) is 21.0. The number of allylic oxidation sites excluding steroid dienone is 2. The second kappa shape index (κ2) is 19.2. The summed E-state index contributed by atoms with van der Waals surface area (Å²) in [6.07, 6.45) is 14.5. The molecular weight excluding hydrogens is 877 g/mol. The number of nitrogens with one attached hydrogen (secondary N) is 3. The first kappa shape index (κ1) is 45.8. The van der Waals surface area contributed by atoms with E-state index >= 15 is 0 Å². The Kier molecular flexibility index (Phi) is 12.9. The molecular formula is C52H60N10O5S. The molecule has 3 amide bonds. The van der Waals surface area contributed by atoms with E-state index in [1.807, 2.05) is 67.9 Å². The molecule has 5 fully saturated rings. The van der Waals surface area contributed by atoms with Crippen molar-refractivity contribution in [2.75, 3.05) is 69.1 Å². The molecule has 7 heterocycles. The molecule has 16 heteroatoms. The molecule has 2 aromatic carbocycles. The third-order valence-corrected chi connectivity index (χ3v) is 16.1. The summed E-state index contributed by atoms with van der Waals surface area (Å²) in [4.78, 5) is 88.7. The molecule has 0 bridgehead atoms. The zero-order chi connectivity index (χ0) is 47.0. The fourth-order valence-electron chi connectivity index (χ4n) is 11.1. The lowest BCUT2D eigenvalue weighted by Gasteiger charge is -2.48. The number of piperidine rings is 1. The van der Waals surface area contributed by atoms with Gasteiger partial charge < -0.3 is 35.6 Å². The molecule has 1 aromatic heterocycles. The van der Waals surface area contributed by atoms with E-state index in [0.717, 1.165) is 103 Å². The minimum atomic E-state index is -0.682. The van der Waals surface area contributed by atoms with E-state index in [4.69, 9.17) is 15.0 Å². The second-order valence-electron chi connectivity index (χ2n) is 19.9. The highest BCUT2D eigenvalue weighted by molar-refractivity contribution is 7.99. The number of Topliss-reactive ketones (excluding diaryl/α,β-unsaturated/α-hetero) is 2. The van der Waals surface area contributed by atoms with Crippen LogP contribution >= 0.6 is 11.8 Å². The Bertz CT molecular complexity index is 2620. The summed E-state index contributed by atoms with van der Waals surface area (Å²) in [5.41, 5.74) is 5.20. The van der Waals surface area contributed by atoms with Crippen LogP contribution in [-0.4, -0.2) is 125 Å². The molecule has 1 atom stereocenters. The number of amides is 3. The standard InChI is InChI=1S/C52H60N10O5S/c1-34-6-8-37(49(66)56-26-36-7-10-41-38(24-36)29-62(50(41)67)42-11-12-43(63)35(2)48(42)65)9-13-44(57-34)61-23-18-52(33-61)31-59(32-52)20-14-46(64)58-39-4-3-5-40(25-39)68-47-28-54-45(27-55-47)60-21-16-51(17-22-60)15-19-53-30-51/h3-5,7,9-10,13,24-25,27-28,42,53H,2,6,8,11-12,14-23,26,29-33H2,1H3,(H,56,66)(H,58,64)/b37-9+,44-13+,57-34+. The van der Waals surface area contributed by atoms with Crippen LogP contribution in [0.2, 0.25) is 0 Å². The van der Waals surface area contributed by atoms with Crippen molar-refractivity contribution in [3.05, 3.63) is 107 Å². The zero-order valence-electron chi connectivity index (χ0n) is 38.9. The highest BCUT2D eigenvalue weighted by Gasteiger charge is 2.48. The van der Waals surface area contributed by atoms with Crippen LogP contribution in [0.3, 0.4) is 0 Å². The molecule has 10 rings (SSSR count). The summed E-state index contributed by atoms with van der Waals surface area (Å²) in [5, 5.41) is 10.5. The quantitative estimate of drug-likeness (QED) is 0.150. The van der Waals surface area contributed by atoms with Gasteiger partial charge in [-0.05, 0) is 111 Å². The van der Waals surface area contributed by atoms with E-state index in [-0.39, 0.29) is 59.8 Å². The number of fused-ring (bicyclic) bond motifs is 1. The number of carbonyl (C=O) groups is 5. The van der Waals surface area contributed by atoms with Gasteiger partial charge in [-0.2, -0.15) is 0 Å². The zero-order valence-corrected chi connectivity index (χ0v) is 39.7. The molecule has 7 aliphatic rings. The summed E-state index contributed by atoms with van der Waals surface area (Å²) in [7, 11) is 0. The first-order chi connectivity index (χ1) is 32.9. The van der Waals surface area contributed by atoms with Gasteiger partial charge >= 0.3 is 0 Å². The van der Waals surface area contributed by atoms with Crippen molar-refractivity contribution in [2.45, 2.75) is 93.8 Å². The maximum Gasteiger partial charge on any atom is 0.255 e. The number of likely N-dealkylation sites (tertiary alicyclic amines) is 2. The van der Waals surface area contributed by atoms with Gasteiger partial charge in [-0.1, -0.05) is 36.5 Å². The van der Waals surface area contributed by atoms with Gasteiger partial charge in [0.1, 0.15) is 16.7 Å². The molecule has 3 aromatic rings. The number of nitrogens with zero attached hydrogens (tertiary/aromatic N) is 7. The average Bonchev–Trinajstić information content (AvgIpc) is 4.06. The molecule has 0 radical (unpaired) electrons. The Morgan fingerprint density at radius 1 is 0.912 bits per heavy atom. The number of carbonyl (C=O) groups excluding carboxylic acids is 5. The molecule has 2 spiro atoms. The SMILES string of the molecule is C=C1C(=O)CCC(N2Cc3cc(CNC(=O)/C4=C/C=C(N5CCC6(CN(CCC(=O)Nc7cccc(Sc8cnc(N9CCC%10(CCNC%10)CC9)cn8)c7)C6)C5)\N=C(/C)CC4)ccc3C2=O)C1=O. The lowest BCUT2D eigenvalue weighted by Crippen LogP contribution is -2.57. The van der Waals surface area contributed by atoms with Crippen LogP contribution in [0, 0.1) is 10.8 Å². The predicted molar refractivity (Wildman–Crippen MR) is 261 cm³/mol. The van der Waals surface area contributed by atoms with Crippen LogP contribution in [0.25, 0.3) is 0 Å². The lowest BCUT2D eigenvalue weighted by atomic mass is 9.78. The number of anilines is 2. The summed E-state index contributed by atoms with van der Waals surface area (Å²) < 4.78 is 0. The summed E-state index contributed by atoms with van der Waals surface area (Å²) in [6, 6.07) is 12.7. The van der Waals surface area contributed by atoms with Crippen molar-refractivity contribution in [2.24, 2.45) is 15.8 Å². The van der Waals surface area contributed by atoms with Crippen molar-refractivity contribution >= 4 is 58.3 Å². The summed E-state index contributed by atoms with van der Waals surface area (Å²) in [5.74, 6) is 0.801. The van der Waals surface area contributed by atoms with Crippen LogP contribution in [0.15, 0.2) is 105 Å². The van der Waals surface area contributed by atoms with Gasteiger partial charge in [0, 0.05) is 111 Å². The summed E-state index contributed by atoms with van der Waals surface area (Å²) >= 11 is 1.54. The van der Waals surface area contributed by atoms with Crippen molar-refractivity contribution in [3.63, 3.8) is 0 Å². The van der Waals surface area contributed by atoms with Crippen molar-refractivity contribution in [1.29, 1.82) is 0 Å². The van der Waals surface area contributed by atoms with E-state index < -0.39 is 6.04 Å². The number of rotatable bonds is 12. The van der Waals surface area contributed by atoms with E-state index in [2.05, 4.69) is 37.2 Å². The van der Waals surface area contributed by atoms with E-state index in [0.29, 0.717) is 48.8 Å². The Balaban J connectivity index is 0.666. The smallest absolute Gasteiger partial charge is 0.255 e. The van der Waals surface area contributed by atoms with Crippen molar-refractivity contribution < 1.29 is 24.0 Å². The first-order valence-electron chi connectivity index (χ1n) is 24.2. The number of hydrogen-bond acceptors (Lipinski definition) is 13. The number of aliphatic imine (C=N–C) groups is 1. The van der Waals surface area contributed by atoms with E-state index in [1.54, 1.807) is 22.7 Å². The first-order valence-corrected chi connectivity index (χ1v) is 25.0. The minimum absolute atomic E-state index is 0.00514. The Labute approximate surface area is 402 Å². The number of hydrogen-bond donors (Lipinski definition) is 3. The van der Waals surface area contributed by atoms with Gasteiger partial charge in [0.2, 0.25) is 11.8 Å². The fourth-order valence-corrected chi connectivity index (χ4v) is 11.9. The van der Waals surface area contributed by atoms with Crippen LogP contribution in [0.4, 0.5) is 11.5 Å². The maximum atomic E-state index is 13.5. The molecule has 354 valence electrons. The monoisotopic (exact) mass is 936 g/mol. The molecule has 3 N–H and O–H groups in total. The van der Waals surface area contributed by atoms with Crippen LogP contribution in [-0.2, 0) is 32.3 Å². The van der Waals surface area contributed by atoms with Gasteiger partial charge in [0.15, 0.2) is 11.6 Å². The van der Waals surface area contributed by atoms with Gasteiger partial charge in [-0.15, -0.1) is 0 Å². The highest BCUT2D eigenvalue weighted by Crippen LogP contribution is 2.42. The molecule has 1 aliphatic carbocycles. The summed E-state index contributed by atoms with van der Waals surface area (Å²) in [6.45, 7) is 14.9. The maximum absolute atomic E-state index is 13.5. The Hall–Kier alpha value is -5.97. The topological polar surface area (TPSA) is 173 Å². The number of benzene rings is 2. The van der Waals surface area contributed by atoms with Gasteiger partial charge in [0.25, 0.3) is 5.91 Å². The number of aromatic nitrogens is 2. The van der Waals surface area contributed by atoms with Crippen LogP contribution in [0.5, 0.6) is 0 Å². The van der Waals surface area contributed by atoms with Crippen molar-refractivity contribution in [3.8, 4) is 0 Å². The third-order valence-electron chi connectivity index (χ3n) is 15.2. The molecule has 6 aliphatic heterocycles. The molecule has 15 nitrogen and oxygen atoms in total. The van der Waals surface area contributed by atoms with Gasteiger partial charge in [-0.25, -0.2) is 15.0 Å². The normalized spacial score (nSPS) is 24.7. The highest BCUT2D eigenvalue weighted by atomic mass is 32.2. The van der Waals surface area contributed by atoms with Gasteiger partial charge in [-0.3, -0.25) is 24.0 Å². The largest absolute Gasteiger partial charge is 0.356 e. The molecule has 4 saturated heterocycles. The molecule has 1 unspecified atom stereocenters. The van der Waals surface area contributed by atoms with Crippen molar-refractivity contribution in [1.82, 2.24) is 35.3 Å². The van der Waals surface area contributed by atoms with E-state index in [1.165, 1.54) is 19.3 Å². The fraction of sp³-hybridized carbons (Fsp3) is 0.462. The predicted octanol–water partition coefficient (Wildman–Crippen LogP) is 5.70. The minimum Gasteiger partial charge on any atom is -0.356 e. The molecule has 68 heavy (non-hydrogen) atoms. The van der Waals surface area contributed by atoms with Crippen LogP contribution < -0.4 is 20.9 Å². The lowest BCUT2D eigenvalue weighted by molar-refractivity contribution is -0.127. The molecule has 1 saturated carbocycles. The van der Waals surface area contributed by atoms with Crippen LogP contribution in [0.1, 0.15) is 86.2 Å². The Morgan fingerprint density at radius 2 is 1.74 bits per heavy atom. The average molecular weight is 937 g/mol. The van der Waals surface area contributed by atoms with Gasteiger partial charge in [0.05, 0.1) is 24.0 Å². The van der Waals surface area contributed by atoms with E-state index in [9.17, 15) is 24.0 Å². The number of ketones is 2.